The van der Waals surface area contributed by atoms with Gasteiger partial charge in [-0.3, -0.25) is 0 Å². The Hall–Kier alpha value is -1.16. The number of aliphatic hydroxyl groups is 1. The van der Waals surface area contributed by atoms with E-state index in [0.717, 1.165) is 49.9 Å². The predicted molar refractivity (Wildman–Crippen MR) is 84.5 cm³/mol. The Labute approximate surface area is 127 Å². The van der Waals surface area contributed by atoms with Crippen molar-refractivity contribution in [2.24, 2.45) is 11.3 Å². The molecule has 1 aliphatic heterocycles. The summed E-state index contributed by atoms with van der Waals surface area (Å²) in [6.07, 6.45) is 9.13. The van der Waals surface area contributed by atoms with Gasteiger partial charge >= 0.3 is 0 Å². The van der Waals surface area contributed by atoms with Crippen LogP contribution in [0.2, 0.25) is 0 Å². The fourth-order valence-electron chi connectivity index (χ4n) is 3.69. The molecule has 0 bridgehead atoms. The van der Waals surface area contributed by atoms with Crippen molar-refractivity contribution in [3.63, 3.8) is 0 Å². The second-order valence-electron chi connectivity index (χ2n) is 6.95. The molecule has 2 aliphatic rings. The first kappa shape index (κ1) is 14.8. The Balaban J connectivity index is 1.83. The van der Waals surface area contributed by atoms with Crippen LogP contribution in [0.15, 0.2) is 6.20 Å². The van der Waals surface area contributed by atoms with E-state index in [4.69, 9.17) is 4.98 Å². The van der Waals surface area contributed by atoms with Gasteiger partial charge in [-0.25, -0.2) is 9.97 Å². The van der Waals surface area contributed by atoms with Crippen molar-refractivity contribution in [2.45, 2.75) is 52.4 Å². The minimum absolute atomic E-state index is 0.0866. The number of piperidine rings is 1. The van der Waals surface area contributed by atoms with Gasteiger partial charge in [-0.1, -0.05) is 19.8 Å². The number of aliphatic hydroxyl groups excluding tert-OH is 1. The quantitative estimate of drug-likeness (QED) is 0.905. The zero-order valence-corrected chi connectivity index (χ0v) is 13.3. The van der Waals surface area contributed by atoms with Gasteiger partial charge in [0.2, 0.25) is 0 Å². The molecule has 1 aromatic rings. The van der Waals surface area contributed by atoms with Crippen LogP contribution in [0, 0.1) is 18.3 Å². The molecule has 1 saturated carbocycles. The number of aryl methyl sites for hydroxylation is 2. The van der Waals surface area contributed by atoms with Crippen LogP contribution in [0.5, 0.6) is 0 Å². The number of nitrogens with zero attached hydrogens (tertiary/aromatic N) is 3. The first-order chi connectivity index (χ1) is 10.2. The minimum Gasteiger partial charge on any atom is -0.396 e. The molecular weight excluding hydrogens is 262 g/mol. The van der Waals surface area contributed by atoms with Gasteiger partial charge in [0.05, 0.1) is 6.61 Å². The largest absolute Gasteiger partial charge is 0.396 e. The molecule has 4 nitrogen and oxygen atoms in total. The Morgan fingerprint density at radius 2 is 2.24 bits per heavy atom. The maximum atomic E-state index is 10.0. The molecule has 1 atom stereocenters. The maximum absolute atomic E-state index is 10.0. The number of aromatic nitrogens is 2. The molecule has 0 radical (unpaired) electrons. The molecule has 21 heavy (non-hydrogen) atoms. The topological polar surface area (TPSA) is 49.2 Å². The van der Waals surface area contributed by atoms with Crippen LogP contribution in [0.3, 0.4) is 0 Å². The van der Waals surface area contributed by atoms with Crippen LogP contribution < -0.4 is 4.90 Å². The summed E-state index contributed by atoms with van der Waals surface area (Å²) in [5, 5.41) is 10.0. The molecule has 1 aromatic heterocycles. The third-order valence-electron chi connectivity index (χ3n) is 5.06. The lowest BCUT2D eigenvalue weighted by atomic mass is 9.76. The monoisotopic (exact) mass is 289 g/mol. The summed E-state index contributed by atoms with van der Waals surface area (Å²) in [5.74, 6) is 2.79. The van der Waals surface area contributed by atoms with E-state index in [1.807, 2.05) is 13.1 Å². The van der Waals surface area contributed by atoms with Gasteiger partial charge in [-0.15, -0.1) is 0 Å². The van der Waals surface area contributed by atoms with Gasteiger partial charge in [0.1, 0.15) is 11.6 Å². The molecule has 1 N–H and O–H groups in total. The van der Waals surface area contributed by atoms with Crippen molar-refractivity contribution < 1.29 is 5.11 Å². The van der Waals surface area contributed by atoms with E-state index < -0.39 is 0 Å². The molecule has 0 amide bonds. The Morgan fingerprint density at radius 1 is 1.43 bits per heavy atom. The molecule has 1 saturated heterocycles. The molecule has 4 heteroatoms. The molecular formula is C17H27N3O. The van der Waals surface area contributed by atoms with Crippen LogP contribution in [-0.4, -0.2) is 34.8 Å². The van der Waals surface area contributed by atoms with E-state index in [0.29, 0.717) is 6.61 Å². The smallest absolute Gasteiger partial charge is 0.135 e. The second kappa shape index (κ2) is 5.91. The van der Waals surface area contributed by atoms with Crippen molar-refractivity contribution in [1.29, 1.82) is 0 Å². The lowest BCUT2D eigenvalue weighted by Gasteiger charge is -2.43. The van der Waals surface area contributed by atoms with Gasteiger partial charge < -0.3 is 10.0 Å². The van der Waals surface area contributed by atoms with Crippen molar-refractivity contribution in [3.8, 4) is 0 Å². The zero-order valence-electron chi connectivity index (χ0n) is 13.3. The molecule has 0 spiro atoms. The summed E-state index contributed by atoms with van der Waals surface area (Å²) >= 11 is 0. The number of rotatable bonds is 5. The van der Waals surface area contributed by atoms with Crippen LogP contribution >= 0.6 is 0 Å². The number of hydrogen-bond acceptors (Lipinski definition) is 4. The van der Waals surface area contributed by atoms with E-state index in [-0.39, 0.29) is 5.41 Å². The fraction of sp³-hybridized carbons (Fsp3) is 0.765. The van der Waals surface area contributed by atoms with E-state index in [2.05, 4.69) is 16.8 Å². The van der Waals surface area contributed by atoms with E-state index >= 15 is 0 Å². The lowest BCUT2D eigenvalue weighted by molar-refractivity contribution is 0.0901. The molecule has 2 heterocycles. The van der Waals surface area contributed by atoms with Crippen molar-refractivity contribution in [1.82, 2.24) is 9.97 Å². The van der Waals surface area contributed by atoms with Crippen molar-refractivity contribution in [3.05, 3.63) is 17.6 Å². The summed E-state index contributed by atoms with van der Waals surface area (Å²) in [7, 11) is 0. The lowest BCUT2D eigenvalue weighted by Crippen LogP contribution is -2.46. The standard InChI is InChI=1S/C17H27N3O/c1-3-15-10-18-13(2)19-16(15)20-8-4-7-17(11-20,12-21)9-14-5-6-14/h10,14,21H,3-9,11-12H2,1-2H3/t17-/m1/s1. The van der Waals surface area contributed by atoms with Gasteiger partial charge in [0.15, 0.2) is 0 Å². The van der Waals surface area contributed by atoms with Gasteiger partial charge in [0.25, 0.3) is 0 Å². The number of hydrogen-bond donors (Lipinski definition) is 1. The Kier molecular flexibility index (Phi) is 4.16. The third-order valence-corrected chi connectivity index (χ3v) is 5.06. The highest BCUT2D eigenvalue weighted by Gasteiger charge is 2.40. The highest BCUT2D eigenvalue weighted by molar-refractivity contribution is 5.47. The third kappa shape index (κ3) is 3.20. The van der Waals surface area contributed by atoms with Gasteiger partial charge in [-0.2, -0.15) is 0 Å². The van der Waals surface area contributed by atoms with Crippen molar-refractivity contribution in [2.75, 3.05) is 24.6 Å². The molecule has 116 valence electrons. The highest BCUT2D eigenvalue weighted by Crippen LogP contribution is 2.45. The Bertz CT molecular complexity index is 501. The fourth-order valence-corrected chi connectivity index (χ4v) is 3.69. The summed E-state index contributed by atoms with van der Waals surface area (Å²) in [4.78, 5) is 11.4. The number of anilines is 1. The maximum Gasteiger partial charge on any atom is 0.135 e. The predicted octanol–water partition coefficient (Wildman–Crippen LogP) is 2.73. The average Bonchev–Trinajstić information content (AvgIpc) is 3.31. The van der Waals surface area contributed by atoms with Crippen LogP contribution in [0.25, 0.3) is 0 Å². The normalized spacial score (nSPS) is 26.1. The summed E-state index contributed by atoms with van der Waals surface area (Å²) in [6, 6.07) is 0. The zero-order chi connectivity index (χ0) is 14.9. The Morgan fingerprint density at radius 3 is 2.90 bits per heavy atom. The summed E-state index contributed by atoms with van der Waals surface area (Å²) in [5.41, 5.74) is 1.31. The van der Waals surface area contributed by atoms with E-state index in [1.54, 1.807) is 0 Å². The molecule has 0 unspecified atom stereocenters. The van der Waals surface area contributed by atoms with Crippen LogP contribution in [0.4, 0.5) is 5.82 Å². The van der Waals surface area contributed by atoms with Crippen molar-refractivity contribution >= 4 is 5.82 Å². The van der Waals surface area contributed by atoms with E-state index in [9.17, 15) is 5.11 Å². The van der Waals surface area contributed by atoms with Gasteiger partial charge in [0, 0.05) is 30.3 Å². The highest BCUT2D eigenvalue weighted by atomic mass is 16.3. The minimum atomic E-state index is 0.0866. The first-order valence-electron chi connectivity index (χ1n) is 8.34. The van der Waals surface area contributed by atoms with E-state index in [1.165, 1.54) is 24.8 Å². The first-order valence-corrected chi connectivity index (χ1v) is 8.34. The molecule has 1 aliphatic carbocycles. The summed E-state index contributed by atoms with van der Waals surface area (Å²) in [6.45, 7) is 6.42. The van der Waals surface area contributed by atoms with Crippen LogP contribution in [-0.2, 0) is 6.42 Å². The second-order valence-corrected chi connectivity index (χ2v) is 6.95. The molecule has 3 rings (SSSR count). The summed E-state index contributed by atoms with van der Waals surface area (Å²) < 4.78 is 0. The average molecular weight is 289 g/mol. The van der Waals surface area contributed by atoms with Crippen LogP contribution in [0.1, 0.15) is 50.4 Å². The SMILES string of the molecule is CCc1cnc(C)nc1N1CCC[C@@](CO)(CC2CC2)C1. The van der Waals surface area contributed by atoms with Gasteiger partial charge in [-0.05, 0) is 38.5 Å². The molecule has 0 aromatic carbocycles. The molecule has 2 fully saturated rings.